The van der Waals surface area contributed by atoms with Gasteiger partial charge in [0.25, 0.3) is 11.8 Å². The van der Waals surface area contributed by atoms with Gasteiger partial charge in [-0.15, -0.1) is 0 Å². The molecule has 0 unspecified atom stereocenters. The third kappa shape index (κ3) is 5.98. The summed E-state index contributed by atoms with van der Waals surface area (Å²) >= 11 is 11.8. The Labute approximate surface area is 212 Å². The van der Waals surface area contributed by atoms with Crippen LogP contribution in [0.1, 0.15) is 31.8 Å². The van der Waals surface area contributed by atoms with Crippen molar-refractivity contribution in [2.24, 2.45) is 5.10 Å². The number of carbonyl (C=O) groups is 2. The molecule has 0 saturated carbocycles. The van der Waals surface area contributed by atoms with E-state index in [1.165, 1.54) is 24.4 Å². The molecule has 0 aliphatic heterocycles. The average molecular weight is 506 g/mol. The van der Waals surface area contributed by atoms with Gasteiger partial charge in [-0.05, 0) is 59.2 Å². The predicted octanol–water partition coefficient (Wildman–Crippen LogP) is 5.59. The van der Waals surface area contributed by atoms with Crippen molar-refractivity contribution in [1.29, 1.82) is 0 Å². The molecule has 176 valence electrons. The maximum Gasteiger partial charge on any atom is 0.271 e. The molecule has 0 aliphatic carbocycles. The quantitative estimate of drug-likeness (QED) is 0.226. The normalized spacial score (nSPS) is 11.0. The first kappa shape index (κ1) is 24.3. The van der Waals surface area contributed by atoms with Gasteiger partial charge in [-0.1, -0.05) is 65.7 Å². The Kier molecular flexibility index (Phi) is 7.65. The van der Waals surface area contributed by atoms with Gasteiger partial charge in [0.1, 0.15) is 5.75 Å². The summed E-state index contributed by atoms with van der Waals surface area (Å²) in [7, 11) is 0. The first-order chi connectivity index (χ1) is 16.9. The predicted molar refractivity (Wildman–Crippen MR) is 140 cm³/mol. The van der Waals surface area contributed by atoms with Crippen LogP contribution in [0.2, 0.25) is 10.0 Å². The molecule has 4 rings (SSSR count). The molecule has 35 heavy (non-hydrogen) atoms. The van der Waals surface area contributed by atoms with Gasteiger partial charge < -0.3 is 10.4 Å². The molecule has 4 aromatic rings. The monoisotopic (exact) mass is 505 g/mol. The highest BCUT2D eigenvalue weighted by atomic mass is 35.5. The van der Waals surface area contributed by atoms with E-state index in [1.54, 1.807) is 12.1 Å². The van der Waals surface area contributed by atoms with Gasteiger partial charge in [0.15, 0.2) is 0 Å². The van der Waals surface area contributed by atoms with Crippen LogP contribution in [-0.2, 0) is 6.42 Å². The fourth-order valence-corrected chi connectivity index (χ4v) is 3.88. The lowest BCUT2D eigenvalue weighted by Crippen LogP contribution is -2.26. The van der Waals surface area contributed by atoms with Crippen molar-refractivity contribution in [3.05, 3.63) is 111 Å². The summed E-state index contributed by atoms with van der Waals surface area (Å²) in [6.07, 6.45) is 2.21. The molecular weight excluding hydrogens is 485 g/mol. The Morgan fingerprint density at radius 2 is 1.63 bits per heavy atom. The highest BCUT2D eigenvalue weighted by Crippen LogP contribution is 2.24. The van der Waals surface area contributed by atoms with Crippen LogP contribution in [0.3, 0.4) is 0 Å². The van der Waals surface area contributed by atoms with E-state index in [0.29, 0.717) is 23.6 Å². The van der Waals surface area contributed by atoms with Gasteiger partial charge in [-0.3, -0.25) is 9.59 Å². The van der Waals surface area contributed by atoms with E-state index in [9.17, 15) is 14.7 Å². The van der Waals surface area contributed by atoms with Crippen molar-refractivity contribution in [2.45, 2.75) is 6.42 Å². The van der Waals surface area contributed by atoms with Gasteiger partial charge in [-0.25, -0.2) is 5.43 Å². The summed E-state index contributed by atoms with van der Waals surface area (Å²) in [4.78, 5) is 25.2. The number of halogens is 2. The lowest BCUT2D eigenvalue weighted by atomic mass is 9.99. The standard InChI is InChI=1S/C27H21Cl2N3O3/c28-20-9-5-17(6-10-20)13-14-30-27(35)23-11-7-19(21-3-1-2-4-22(21)23)16-31-32-26(34)18-8-12-25(33)24(29)15-18/h1-12,15-16,33H,13-14H2,(H,30,35)(H,32,34)/b31-16+. The number of hydrogen-bond donors (Lipinski definition) is 3. The summed E-state index contributed by atoms with van der Waals surface area (Å²) in [5.41, 5.74) is 5.09. The van der Waals surface area contributed by atoms with Crippen molar-refractivity contribution >= 4 is 52.0 Å². The third-order valence-corrected chi connectivity index (χ3v) is 5.95. The van der Waals surface area contributed by atoms with Gasteiger partial charge in [0.2, 0.25) is 0 Å². The molecule has 8 heteroatoms. The highest BCUT2D eigenvalue weighted by Gasteiger charge is 2.12. The smallest absolute Gasteiger partial charge is 0.271 e. The second-order valence-corrected chi connectivity index (χ2v) is 8.59. The van der Waals surface area contributed by atoms with Crippen molar-refractivity contribution in [2.75, 3.05) is 6.54 Å². The Morgan fingerprint density at radius 1 is 0.886 bits per heavy atom. The number of phenols is 1. The number of hydrazone groups is 1. The van der Waals surface area contributed by atoms with Crippen LogP contribution in [0.5, 0.6) is 5.75 Å². The van der Waals surface area contributed by atoms with Crippen LogP contribution in [0, 0.1) is 0 Å². The molecule has 0 atom stereocenters. The SMILES string of the molecule is O=C(N/N=C/c1ccc(C(=O)NCCc2ccc(Cl)cc2)c2ccccc12)c1ccc(O)c(Cl)c1. The molecule has 0 aromatic heterocycles. The summed E-state index contributed by atoms with van der Waals surface area (Å²) < 4.78 is 0. The lowest BCUT2D eigenvalue weighted by molar-refractivity contribution is 0.0947. The van der Waals surface area contributed by atoms with Crippen LogP contribution in [-0.4, -0.2) is 29.7 Å². The number of nitrogens with one attached hydrogen (secondary N) is 2. The molecule has 3 N–H and O–H groups in total. The van der Waals surface area contributed by atoms with Gasteiger partial charge in [0.05, 0.1) is 11.2 Å². The van der Waals surface area contributed by atoms with Crippen LogP contribution in [0.4, 0.5) is 0 Å². The zero-order valence-corrected chi connectivity index (χ0v) is 20.0. The number of fused-ring (bicyclic) bond motifs is 1. The fourth-order valence-electron chi connectivity index (χ4n) is 3.57. The van der Waals surface area contributed by atoms with Crippen molar-refractivity contribution < 1.29 is 14.7 Å². The number of aromatic hydroxyl groups is 1. The second kappa shape index (κ2) is 11.0. The van der Waals surface area contributed by atoms with Crippen molar-refractivity contribution in [1.82, 2.24) is 10.7 Å². The number of rotatable bonds is 7. The van der Waals surface area contributed by atoms with E-state index in [1.807, 2.05) is 48.5 Å². The number of phenolic OH excluding ortho intramolecular Hbond substituents is 1. The molecular formula is C27H21Cl2N3O3. The Hall–Kier alpha value is -3.87. The molecule has 6 nitrogen and oxygen atoms in total. The molecule has 2 amide bonds. The maximum absolute atomic E-state index is 12.9. The lowest BCUT2D eigenvalue weighted by Gasteiger charge is -2.10. The first-order valence-electron chi connectivity index (χ1n) is 10.8. The summed E-state index contributed by atoms with van der Waals surface area (Å²) in [5, 5.41) is 18.9. The summed E-state index contributed by atoms with van der Waals surface area (Å²) in [6, 6.07) is 22.7. The number of carbonyl (C=O) groups excluding carboxylic acids is 2. The Bertz CT molecular complexity index is 1420. The maximum atomic E-state index is 12.9. The molecule has 0 aliphatic rings. The molecule has 0 heterocycles. The van der Waals surface area contributed by atoms with Crippen LogP contribution < -0.4 is 10.7 Å². The minimum atomic E-state index is -0.468. The van der Waals surface area contributed by atoms with Gasteiger partial charge >= 0.3 is 0 Å². The van der Waals surface area contributed by atoms with E-state index >= 15 is 0 Å². The molecule has 0 saturated heterocycles. The van der Waals surface area contributed by atoms with E-state index < -0.39 is 5.91 Å². The van der Waals surface area contributed by atoms with Crippen LogP contribution in [0.15, 0.2) is 84.0 Å². The number of benzene rings is 4. The van der Waals surface area contributed by atoms with E-state index in [2.05, 4.69) is 15.8 Å². The molecule has 4 aromatic carbocycles. The van der Waals surface area contributed by atoms with E-state index in [-0.39, 0.29) is 22.2 Å². The largest absolute Gasteiger partial charge is 0.506 e. The minimum absolute atomic E-state index is 0.0784. The number of hydrogen-bond acceptors (Lipinski definition) is 4. The molecule has 0 spiro atoms. The molecule has 0 bridgehead atoms. The van der Waals surface area contributed by atoms with Crippen LogP contribution >= 0.6 is 23.2 Å². The van der Waals surface area contributed by atoms with Crippen LogP contribution in [0.25, 0.3) is 10.8 Å². The number of nitrogens with zero attached hydrogens (tertiary/aromatic N) is 1. The Morgan fingerprint density at radius 3 is 2.37 bits per heavy atom. The summed E-state index contributed by atoms with van der Waals surface area (Å²) in [5.74, 6) is -0.743. The summed E-state index contributed by atoms with van der Waals surface area (Å²) in [6.45, 7) is 0.491. The minimum Gasteiger partial charge on any atom is -0.506 e. The van der Waals surface area contributed by atoms with Crippen molar-refractivity contribution in [3.63, 3.8) is 0 Å². The Balaban J connectivity index is 1.45. The number of amides is 2. The van der Waals surface area contributed by atoms with E-state index in [0.717, 1.165) is 21.9 Å². The zero-order chi connectivity index (χ0) is 24.8. The third-order valence-electron chi connectivity index (χ3n) is 5.39. The second-order valence-electron chi connectivity index (χ2n) is 7.75. The topological polar surface area (TPSA) is 90.8 Å². The van der Waals surface area contributed by atoms with Gasteiger partial charge in [-0.2, -0.15) is 5.10 Å². The fraction of sp³-hybridized carbons (Fsp3) is 0.0741. The molecule has 0 radical (unpaired) electrons. The van der Waals surface area contributed by atoms with Crippen molar-refractivity contribution in [3.8, 4) is 5.75 Å². The molecule has 0 fully saturated rings. The first-order valence-corrected chi connectivity index (χ1v) is 11.5. The van der Waals surface area contributed by atoms with E-state index in [4.69, 9.17) is 23.2 Å². The zero-order valence-electron chi connectivity index (χ0n) is 18.5. The van der Waals surface area contributed by atoms with Gasteiger partial charge in [0, 0.05) is 28.3 Å². The highest BCUT2D eigenvalue weighted by molar-refractivity contribution is 6.32. The average Bonchev–Trinajstić information content (AvgIpc) is 2.86.